The SMILES string of the molecule is O=C(N[C@@H](Cc1ccccc1)[C@H](O)c1nccs1)C1CCCCC1. The fourth-order valence-corrected chi connectivity index (χ4v) is 4.01. The monoisotopic (exact) mass is 344 g/mol. The van der Waals surface area contributed by atoms with Crippen LogP contribution in [0.2, 0.25) is 0 Å². The number of aromatic nitrogens is 1. The zero-order valence-electron chi connectivity index (χ0n) is 13.7. The molecule has 1 aromatic heterocycles. The molecule has 1 amide bonds. The quantitative estimate of drug-likeness (QED) is 0.843. The Bertz CT molecular complexity index is 624. The van der Waals surface area contributed by atoms with Crippen molar-refractivity contribution in [3.8, 4) is 0 Å². The maximum absolute atomic E-state index is 12.6. The van der Waals surface area contributed by atoms with Gasteiger partial charge in [0.25, 0.3) is 0 Å². The topological polar surface area (TPSA) is 62.2 Å². The van der Waals surface area contributed by atoms with Crippen molar-refractivity contribution in [1.29, 1.82) is 0 Å². The van der Waals surface area contributed by atoms with E-state index in [9.17, 15) is 9.90 Å². The van der Waals surface area contributed by atoms with Crippen molar-refractivity contribution in [1.82, 2.24) is 10.3 Å². The molecule has 0 saturated heterocycles. The van der Waals surface area contributed by atoms with Gasteiger partial charge in [-0.15, -0.1) is 11.3 Å². The minimum atomic E-state index is -0.780. The van der Waals surface area contributed by atoms with Crippen LogP contribution in [-0.2, 0) is 11.2 Å². The Hall–Kier alpha value is -1.72. The first-order valence-corrected chi connectivity index (χ1v) is 9.54. The van der Waals surface area contributed by atoms with Gasteiger partial charge in [0.15, 0.2) is 0 Å². The number of carbonyl (C=O) groups is 1. The molecular weight excluding hydrogens is 320 g/mol. The molecule has 128 valence electrons. The second-order valence-electron chi connectivity index (χ2n) is 6.45. The zero-order valence-corrected chi connectivity index (χ0v) is 14.5. The molecule has 1 aliphatic rings. The first-order chi connectivity index (χ1) is 11.7. The molecule has 4 nitrogen and oxygen atoms in total. The second kappa shape index (κ2) is 8.40. The molecule has 2 atom stereocenters. The molecule has 0 aliphatic heterocycles. The van der Waals surface area contributed by atoms with Gasteiger partial charge in [-0.1, -0.05) is 49.6 Å². The summed E-state index contributed by atoms with van der Waals surface area (Å²) in [4.78, 5) is 16.8. The summed E-state index contributed by atoms with van der Waals surface area (Å²) < 4.78 is 0. The highest BCUT2D eigenvalue weighted by Gasteiger charge is 2.28. The van der Waals surface area contributed by atoms with Gasteiger partial charge in [-0.2, -0.15) is 0 Å². The minimum absolute atomic E-state index is 0.0752. The average molecular weight is 344 g/mol. The lowest BCUT2D eigenvalue weighted by atomic mass is 9.88. The summed E-state index contributed by atoms with van der Waals surface area (Å²) in [6.07, 6.45) is 6.88. The van der Waals surface area contributed by atoms with Gasteiger partial charge in [-0.05, 0) is 24.8 Å². The molecule has 2 aromatic rings. The molecule has 3 rings (SSSR count). The summed E-state index contributed by atoms with van der Waals surface area (Å²) >= 11 is 1.42. The predicted molar refractivity (Wildman–Crippen MR) is 95.7 cm³/mol. The van der Waals surface area contributed by atoms with Crippen molar-refractivity contribution >= 4 is 17.2 Å². The Morgan fingerprint density at radius 3 is 2.67 bits per heavy atom. The van der Waals surface area contributed by atoms with Crippen LogP contribution in [0.25, 0.3) is 0 Å². The number of nitrogens with zero attached hydrogens (tertiary/aromatic N) is 1. The van der Waals surface area contributed by atoms with Crippen molar-refractivity contribution in [2.24, 2.45) is 5.92 Å². The standard InChI is InChI=1S/C19H24N2O2S/c22-17(19-20-11-12-24-19)16(13-14-7-3-1-4-8-14)21-18(23)15-9-5-2-6-10-15/h1,3-4,7-8,11-12,15-17,22H,2,5-6,9-10,13H2,(H,21,23)/t16-,17-/m0/s1. The Labute approximate surface area is 146 Å². The maximum atomic E-state index is 12.6. The van der Waals surface area contributed by atoms with Crippen LogP contribution in [0.1, 0.15) is 48.8 Å². The summed E-state index contributed by atoms with van der Waals surface area (Å²) in [5.41, 5.74) is 1.10. The van der Waals surface area contributed by atoms with Crippen molar-refractivity contribution in [2.45, 2.75) is 50.7 Å². The fourth-order valence-electron chi connectivity index (χ4n) is 3.33. The van der Waals surface area contributed by atoms with E-state index in [1.165, 1.54) is 17.8 Å². The zero-order chi connectivity index (χ0) is 16.8. The summed E-state index contributed by atoms with van der Waals surface area (Å²) in [5.74, 6) is 0.159. The summed E-state index contributed by atoms with van der Waals surface area (Å²) in [5, 5.41) is 16.3. The van der Waals surface area contributed by atoms with E-state index in [-0.39, 0.29) is 17.9 Å². The number of benzene rings is 1. The van der Waals surface area contributed by atoms with Crippen molar-refractivity contribution in [2.75, 3.05) is 0 Å². The maximum Gasteiger partial charge on any atom is 0.223 e. The summed E-state index contributed by atoms with van der Waals surface area (Å²) in [6.45, 7) is 0. The highest BCUT2D eigenvalue weighted by Crippen LogP contribution is 2.26. The van der Waals surface area contributed by atoms with E-state index >= 15 is 0 Å². The van der Waals surface area contributed by atoms with Gasteiger partial charge in [0.05, 0.1) is 6.04 Å². The second-order valence-corrected chi connectivity index (χ2v) is 7.38. The number of carbonyl (C=O) groups excluding carboxylic acids is 1. The molecule has 0 unspecified atom stereocenters. The lowest BCUT2D eigenvalue weighted by Gasteiger charge is -2.27. The number of thiazole rings is 1. The van der Waals surface area contributed by atoms with Gasteiger partial charge < -0.3 is 10.4 Å². The Morgan fingerprint density at radius 1 is 1.25 bits per heavy atom. The van der Waals surface area contributed by atoms with Crippen LogP contribution in [-0.4, -0.2) is 22.0 Å². The highest BCUT2D eigenvalue weighted by atomic mass is 32.1. The normalized spacial score (nSPS) is 18.0. The summed E-state index contributed by atoms with van der Waals surface area (Å²) in [7, 11) is 0. The third-order valence-corrected chi connectivity index (χ3v) is 5.53. The Kier molecular flexibility index (Phi) is 5.99. The number of nitrogens with one attached hydrogen (secondary N) is 1. The van der Waals surface area contributed by atoms with Gasteiger partial charge in [0, 0.05) is 17.5 Å². The van der Waals surface area contributed by atoms with Crippen molar-refractivity contribution in [3.63, 3.8) is 0 Å². The van der Waals surface area contributed by atoms with Crippen LogP contribution in [0.4, 0.5) is 0 Å². The first-order valence-electron chi connectivity index (χ1n) is 8.66. The summed E-state index contributed by atoms with van der Waals surface area (Å²) in [6, 6.07) is 9.61. The molecule has 1 heterocycles. The van der Waals surface area contributed by atoms with E-state index in [0.717, 1.165) is 31.2 Å². The van der Waals surface area contributed by atoms with Crippen molar-refractivity contribution in [3.05, 3.63) is 52.5 Å². The van der Waals surface area contributed by atoms with Gasteiger partial charge in [-0.25, -0.2) is 4.98 Å². The van der Waals surface area contributed by atoms with Crippen LogP contribution >= 0.6 is 11.3 Å². The number of hydrogen-bond donors (Lipinski definition) is 2. The minimum Gasteiger partial charge on any atom is -0.384 e. The Morgan fingerprint density at radius 2 is 2.00 bits per heavy atom. The van der Waals surface area contributed by atoms with E-state index in [4.69, 9.17) is 0 Å². The largest absolute Gasteiger partial charge is 0.384 e. The molecule has 2 N–H and O–H groups in total. The highest BCUT2D eigenvalue weighted by molar-refractivity contribution is 7.09. The number of rotatable bonds is 6. The van der Waals surface area contributed by atoms with Gasteiger partial charge in [0.2, 0.25) is 5.91 Å². The van der Waals surface area contributed by atoms with Gasteiger partial charge in [0.1, 0.15) is 11.1 Å². The van der Waals surface area contributed by atoms with Crippen LogP contribution in [0.3, 0.4) is 0 Å². The van der Waals surface area contributed by atoms with Crippen molar-refractivity contribution < 1.29 is 9.90 Å². The molecule has 1 aliphatic carbocycles. The van der Waals surface area contributed by atoms with Gasteiger partial charge >= 0.3 is 0 Å². The van der Waals surface area contributed by atoms with Crippen LogP contribution in [0.5, 0.6) is 0 Å². The number of hydrogen-bond acceptors (Lipinski definition) is 4. The molecule has 0 spiro atoms. The fraction of sp³-hybridized carbons (Fsp3) is 0.474. The third kappa shape index (κ3) is 4.42. The molecule has 0 bridgehead atoms. The lowest BCUT2D eigenvalue weighted by Crippen LogP contribution is -2.44. The van der Waals surface area contributed by atoms with Crippen LogP contribution in [0.15, 0.2) is 41.9 Å². The lowest BCUT2D eigenvalue weighted by molar-refractivity contribution is -0.127. The van der Waals surface area contributed by atoms with E-state index < -0.39 is 6.10 Å². The number of aliphatic hydroxyl groups is 1. The smallest absolute Gasteiger partial charge is 0.223 e. The van der Waals surface area contributed by atoms with E-state index in [0.29, 0.717) is 11.4 Å². The predicted octanol–water partition coefficient (Wildman–Crippen LogP) is 3.48. The molecule has 24 heavy (non-hydrogen) atoms. The van der Waals surface area contributed by atoms with Crippen LogP contribution < -0.4 is 5.32 Å². The van der Waals surface area contributed by atoms with E-state index in [1.54, 1.807) is 6.20 Å². The number of aliphatic hydroxyl groups excluding tert-OH is 1. The van der Waals surface area contributed by atoms with E-state index in [1.807, 2.05) is 35.7 Å². The third-order valence-electron chi connectivity index (χ3n) is 4.69. The number of amides is 1. The van der Waals surface area contributed by atoms with E-state index in [2.05, 4.69) is 10.3 Å². The molecule has 1 aromatic carbocycles. The average Bonchev–Trinajstić information content (AvgIpc) is 3.17. The molecular formula is C19H24N2O2S. The van der Waals surface area contributed by atoms with Crippen LogP contribution in [0, 0.1) is 5.92 Å². The Balaban J connectivity index is 1.72. The molecule has 1 fully saturated rings. The molecule has 0 radical (unpaired) electrons. The van der Waals surface area contributed by atoms with Gasteiger partial charge in [-0.3, -0.25) is 4.79 Å². The first kappa shape index (κ1) is 17.1. The molecule has 5 heteroatoms. The molecule has 1 saturated carbocycles.